The van der Waals surface area contributed by atoms with E-state index in [1.807, 2.05) is 42.5 Å². The molecule has 0 N–H and O–H groups in total. The first-order valence-electron chi connectivity index (χ1n) is 11.6. The number of hydrogen-bond donors (Lipinski definition) is 0. The molecule has 0 saturated heterocycles. The quantitative estimate of drug-likeness (QED) is 0.308. The molecule has 0 aliphatic heterocycles. The molecule has 2 heterocycles. The van der Waals surface area contributed by atoms with E-state index >= 15 is 0 Å². The number of aryl methyl sites for hydroxylation is 1. The molecule has 0 aliphatic carbocycles. The van der Waals surface area contributed by atoms with Crippen LogP contribution in [0.4, 0.5) is 0 Å². The second-order valence-corrected chi connectivity index (χ2v) is 7.53. The Morgan fingerprint density at radius 1 is 0.806 bits per heavy atom. The third-order valence-electron chi connectivity index (χ3n) is 5.61. The van der Waals surface area contributed by atoms with Gasteiger partial charge in [0.2, 0.25) is 0 Å². The number of imidazole rings is 1. The maximum absolute atomic E-state index is 7.81. The van der Waals surface area contributed by atoms with Gasteiger partial charge in [0.25, 0.3) is 0 Å². The minimum Gasteiger partial charge on any atom is -0.464 e. The van der Waals surface area contributed by atoms with Crippen LogP contribution < -0.4 is 0 Å². The van der Waals surface area contributed by atoms with Gasteiger partial charge in [-0.15, -0.1) is 0 Å². The Bertz CT molecular complexity index is 1630. The van der Waals surface area contributed by atoms with Crippen molar-refractivity contribution < 1.29 is 8.53 Å². The molecule has 31 heavy (non-hydrogen) atoms. The van der Waals surface area contributed by atoms with Crippen LogP contribution in [0.1, 0.15) is 9.68 Å². The maximum Gasteiger partial charge on any atom is 0.149 e. The molecule has 0 atom stereocenters. The van der Waals surface area contributed by atoms with Crippen LogP contribution in [0.2, 0.25) is 0 Å². The SMILES string of the molecule is [2H]C([2H])([2H])c1ccc2occ(-c3nc4ccccc4n3-c3ccc(-c4ccccc4)cc3)c2c1. The lowest BCUT2D eigenvalue weighted by molar-refractivity contribution is 0.616. The van der Waals surface area contributed by atoms with Gasteiger partial charge in [-0.2, -0.15) is 0 Å². The van der Waals surface area contributed by atoms with Crippen molar-refractivity contribution in [3.8, 4) is 28.2 Å². The molecule has 3 nitrogen and oxygen atoms in total. The molecular formula is C28H20N2O. The van der Waals surface area contributed by atoms with Crippen LogP contribution in [-0.2, 0) is 0 Å². The van der Waals surface area contributed by atoms with Crippen molar-refractivity contribution in [2.24, 2.45) is 0 Å². The van der Waals surface area contributed by atoms with Crippen LogP contribution >= 0.6 is 0 Å². The second-order valence-electron chi connectivity index (χ2n) is 7.53. The van der Waals surface area contributed by atoms with Gasteiger partial charge < -0.3 is 4.42 Å². The lowest BCUT2D eigenvalue weighted by Gasteiger charge is -2.10. The first-order valence-corrected chi connectivity index (χ1v) is 10.1. The number of benzene rings is 4. The van der Waals surface area contributed by atoms with Crippen molar-refractivity contribution in [1.29, 1.82) is 0 Å². The zero-order valence-corrected chi connectivity index (χ0v) is 16.6. The zero-order chi connectivity index (χ0) is 23.3. The van der Waals surface area contributed by atoms with E-state index in [4.69, 9.17) is 13.5 Å². The van der Waals surface area contributed by atoms with Gasteiger partial charge in [0, 0.05) is 15.2 Å². The molecule has 0 radical (unpaired) electrons. The molecule has 0 unspecified atom stereocenters. The zero-order valence-electron chi connectivity index (χ0n) is 19.6. The van der Waals surface area contributed by atoms with Gasteiger partial charge in [-0.1, -0.05) is 66.2 Å². The van der Waals surface area contributed by atoms with Gasteiger partial charge in [-0.25, -0.2) is 4.98 Å². The van der Waals surface area contributed by atoms with E-state index in [2.05, 4.69) is 41.0 Å². The highest BCUT2D eigenvalue weighted by Gasteiger charge is 2.18. The van der Waals surface area contributed by atoms with Gasteiger partial charge in [0.15, 0.2) is 0 Å². The lowest BCUT2D eigenvalue weighted by atomic mass is 10.1. The largest absolute Gasteiger partial charge is 0.464 e. The van der Waals surface area contributed by atoms with E-state index in [9.17, 15) is 0 Å². The molecule has 0 aliphatic rings. The lowest BCUT2D eigenvalue weighted by Crippen LogP contribution is -1.97. The predicted octanol–water partition coefficient (Wildman–Crippen LogP) is 7.41. The fourth-order valence-corrected chi connectivity index (χ4v) is 4.10. The van der Waals surface area contributed by atoms with Crippen molar-refractivity contribution in [1.82, 2.24) is 9.55 Å². The summed E-state index contributed by atoms with van der Waals surface area (Å²) in [5, 5.41) is 0.728. The van der Waals surface area contributed by atoms with E-state index in [1.165, 1.54) is 0 Å². The Morgan fingerprint density at radius 3 is 2.42 bits per heavy atom. The number of hydrogen-bond acceptors (Lipinski definition) is 2. The molecule has 4 aromatic carbocycles. The highest BCUT2D eigenvalue weighted by molar-refractivity contribution is 5.95. The van der Waals surface area contributed by atoms with Crippen LogP contribution in [-0.4, -0.2) is 9.55 Å². The van der Waals surface area contributed by atoms with Crippen LogP contribution in [0.25, 0.3) is 50.2 Å². The normalized spacial score (nSPS) is 13.2. The Morgan fingerprint density at radius 2 is 1.58 bits per heavy atom. The molecule has 0 spiro atoms. The van der Waals surface area contributed by atoms with E-state index < -0.39 is 6.85 Å². The first-order chi connectivity index (χ1) is 16.5. The number of aromatic nitrogens is 2. The fraction of sp³-hybridized carbons (Fsp3) is 0.0357. The average molecular weight is 403 g/mol. The second kappa shape index (κ2) is 6.99. The molecule has 3 heteroatoms. The van der Waals surface area contributed by atoms with Crippen LogP contribution in [0.5, 0.6) is 0 Å². The number of furan rings is 1. The molecule has 148 valence electrons. The average Bonchev–Trinajstić information content (AvgIpc) is 3.45. The highest BCUT2D eigenvalue weighted by Crippen LogP contribution is 2.35. The minimum absolute atomic E-state index is 0.275. The van der Waals surface area contributed by atoms with E-state index in [0.29, 0.717) is 11.4 Å². The molecule has 0 saturated carbocycles. The van der Waals surface area contributed by atoms with Crippen LogP contribution in [0.3, 0.4) is 0 Å². The standard InChI is InChI=1S/C28H20N2O/c1-19-11-16-27-23(17-19)24(18-31-27)28-29-25-9-5-6-10-26(25)30(28)22-14-12-21(13-15-22)20-7-3-2-4-8-20/h2-18H,1H3/i1D3. The minimum atomic E-state index is -2.20. The van der Waals surface area contributed by atoms with Crippen molar-refractivity contribution in [3.63, 3.8) is 0 Å². The number of fused-ring (bicyclic) bond motifs is 2. The summed E-state index contributed by atoms with van der Waals surface area (Å²) in [5.74, 6) is 0.704. The van der Waals surface area contributed by atoms with Crippen molar-refractivity contribution in [3.05, 3.63) is 109 Å². The van der Waals surface area contributed by atoms with Gasteiger partial charge in [0.1, 0.15) is 17.7 Å². The Balaban J connectivity index is 1.56. The van der Waals surface area contributed by atoms with E-state index in [-0.39, 0.29) is 5.56 Å². The number of para-hydroxylation sites is 2. The maximum atomic E-state index is 7.81. The predicted molar refractivity (Wildman–Crippen MR) is 126 cm³/mol. The Hall–Kier alpha value is -4.11. The summed E-state index contributed by atoms with van der Waals surface area (Å²) >= 11 is 0. The van der Waals surface area contributed by atoms with Gasteiger partial charge in [-0.05, 0) is 54.4 Å². The third-order valence-corrected chi connectivity index (χ3v) is 5.61. The van der Waals surface area contributed by atoms with Gasteiger partial charge >= 0.3 is 0 Å². The summed E-state index contributed by atoms with van der Waals surface area (Å²) < 4.78 is 31.3. The summed E-state index contributed by atoms with van der Waals surface area (Å²) in [7, 11) is 0. The highest BCUT2D eigenvalue weighted by atomic mass is 16.3. The summed E-state index contributed by atoms with van der Waals surface area (Å²) in [5.41, 5.74) is 6.72. The van der Waals surface area contributed by atoms with Crippen molar-refractivity contribution in [2.75, 3.05) is 0 Å². The summed E-state index contributed by atoms with van der Waals surface area (Å²) in [6, 6.07) is 31.6. The summed E-state index contributed by atoms with van der Waals surface area (Å²) in [6.07, 6.45) is 1.66. The molecule has 2 aromatic heterocycles. The van der Waals surface area contributed by atoms with Crippen molar-refractivity contribution in [2.45, 2.75) is 6.85 Å². The number of nitrogens with zero attached hydrogens (tertiary/aromatic N) is 2. The van der Waals surface area contributed by atoms with Gasteiger partial charge in [0.05, 0.1) is 16.6 Å². The molecule has 0 fully saturated rings. The molecule has 0 bridgehead atoms. The van der Waals surface area contributed by atoms with Crippen LogP contribution in [0, 0.1) is 6.85 Å². The van der Waals surface area contributed by atoms with Crippen molar-refractivity contribution >= 4 is 22.0 Å². The first kappa shape index (κ1) is 14.8. The van der Waals surface area contributed by atoms with Crippen LogP contribution in [0.15, 0.2) is 108 Å². The van der Waals surface area contributed by atoms with E-state index in [0.717, 1.165) is 38.8 Å². The summed E-state index contributed by atoms with van der Waals surface area (Å²) in [4.78, 5) is 4.92. The molecular weight excluding hydrogens is 380 g/mol. The smallest absolute Gasteiger partial charge is 0.149 e. The monoisotopic (exact) mass is 403 g/mol. The summed E-state index contributed by atoms with van der Waals surface area (Å²) in [6.45, 7) is -2.20. The topological polar surface area (TPSA) is 31.0 Å². The Labute approximate surface area is 184 Å². The molecule has 6 rings (SSSR count). The molecule has 6 aromatic rings. The third kappa shape index (κ3) is 2.94. The Kier molecular flexibility index (Phi) is 3.34. The van der Waals surface area contributed by atoms with Gasteiger partial charge in [-0.3, -0.25) is 4.57 Å². The molecule has 0 amide bonds. The van der Waals surface area contributed by atoms with E-state index in [1.54, 1.807) is 24.5 Å². The fourth-order valence-electron chi connectivity index (χ4n) is 4.10. The number of rotatable bonds is 3.